The summed E-state index contributed by atoms with van der Waals surface area (Å²) in [7, 11) is 0. The van der Waals surface area contributed by atoms with E-state index in [4.69, 9.17) is 17.0 Å². The molecule has 0 saturated carbocycles. The summed E-state index contributed by atoms with van der Waals surface area (Å²) in [6.45, 7) is 3.87. The molecule has 0 aliphatic carbocycles. The van der Waals surface area contributed by atoms with E-state index in [1.54, 1.807) is 6.08 Å². The molecule has 0 spiro atoms. The van der Waals surface area contributed by atoms with Crippen LogP contribution >= 0.6 is 24.0 Å². The number of nitrogens with zero attached hydrogens (tertiary/aromatic N) is 1. The van der Waals surface area contributed by atoms with Gasteiger partial charge in [-0.15, -0.1) is 0 Å². The first-order valence-corrected chi connectivity index (χ1v) is 7.91. The van der Waals surface area contributed by atoms with Gasteiger partial charge in [0.15, 0.2) is 0 Å². The van der Waals surface area contributed by atoms with Crippen LogP contribution in [-0.2, 0) is 14.3 Å². The second-order valence-corrected chi connectivity index (χ2v) is 6.14. The van der Waals surface area contributed by atoms with Crippen LogP contribution in [0.4, 0.5) is 0 Å². The Labute approximate surface area is 138 Å². The zero-order valence-corrected chi connectivity index (χ0v) is 13.5. The van der Waals surface area contributed by atoms with Crippen LogP contribution in [0.3, 0.4) is 0 Å². The van der Waals surface area contributed by atoms with E-state index < -0.39 is 0 Å². The van der Waals surface area contributed by atoms with Crippen LogP contribution in [0.15, 0.2) is 47.9 Å². The third-order valence-electron chi connectivity index (χ3n) is 2.87. The average Bonchev–Trinajstić information content (AvgIpc) is 2.78. The van der Waals surface area contributed by atoms with E-state index >= 15 is 0 Å². The van der Waals surface area contributed by atoms with E-state index in [1.807, 2.05) is 30.3 Å². The molecule has 0 N–H and O–H groups in total. The number of thiocarbonyl (C=S) groups is 1. The lowest BCUT2D eigenvalue weighted by Gasteiger charge is -2.13. The Morgan fingerprint density at radius 3 is 2.77 bits per heavy atom. The van der Waals surface area contributed by atoms with Crippen molar-refractivity contribution in [2.75, 3.05) is 13.2 Å². The number of esters is 1. The van der Waals surface area contributed by atoms with Crippen LogP contribution in [0.25, 0.3) is 6.08 Å². The van der Waals surface area contributed by atoms with E-state index in [9.17, 15) is 9.59 Å². The summed E-state index contributed by atoms with van der Waals surface area (Å²) >= 11 is 6.46. The van der Waals surface area contributed by atoms with Crippen molar-refractivity contribution in [2.45, 2.75) is 6.42 Å². The molecule has 0 radical (unpaired) electrons. The summed E-state index contributed by atoms with van der Waals surface area (Å²) in [5.74, 6) is -0.545. The number of rotatable bonds is 6. The minimum atomic E-state index is -0.374. The highest BCUT2D eigenvalue weighted by atomic mass is 32.2. The molecule has 1 aliphatic heterocycles. The van der Waals surface area contributed by atoms with Crippen molar-refractivity contribution >= 4 is 46.3 Å². The molecule has 1 saturated heterocycles. The second kappa shape index (κ2) is 7.91. The summed E-state index contributed by atoms with van der Waals surface area (Å²) < 4.78 is 5.35. The standard InChI is InChI=1S/C16H15NO3S2/c1-2-10-20-14(18)8-9-17-15(19)13(22-16(17)21)11-12-6-4-3-5-7-12/h2-7,11H,1,8-10H2/b13-11-. The van der Waals surface area contributed by atoms with Gasteiger partial charge in [-0.05, 0) is 11.6 Å². The van der Waals surface area contributed by atoms with Gasteiger partial charge in [0.25, 0.3) is 5.91 Å². The zero-order valence-electron chi connectivity index (χ0n) is 11.9. The van der Waals surface area contributed by atoms with E-state index in [0.717, 1.165) is 5.56 Å². The first-order chi connectivity index (χ1) is 10.6. The molecule has 1 fully saturated rings. The van der Waals surface area contributed by atoms with Gasteiger partial charge in [0.1, 0.15) is 10.9 Å². The number of carbonyl (C=O) groups excluding carboxylic acids is 2. The first-order valence-electron chi connectivity index (χ1n) is 6.68. The Balaban J connectivity index is 1.99. The SMILES string of the molecule is C=CCOC(=O)CCN1C(=O)/C(=C/c2ccccc2)SC1=S. The van der Waals surface area contributed by atoms with Crippen molar-refractivity contribution in [1.29, 1.82) is 0 Å². The van der Waals surface area contributed by atoms with Crippen molar-refractivity contribution in [3.05, 3.63) is 53.5 Å². The molecule has 0 bridgehead atoms. The normalized spacial score (nSPS) is 16.2. The van der Waals surface area contributed by atoms with Gasteiger partial charge in [-0.1, -0.05) is 67.0 Å². The highest BCUT2D eigenvalue weighted by Crippen LogP contribution is 2.32. The molecule has 2 rings (SSSR count). The number of ether oxygens (including phenoxy) is 1. The number of carbonyl (C=O) groups is 2. The molecular formula is C16H15NO3S2. The fourth-order valence-electron chi connectivity index (χ4n) is 1.82. The smallest absolute Gasteiger partial charge is 0.307 e. The minimum Gasteiger partial charge on any atom is -0.461 e. The van der Waals surface area contributed by atoms with Gasteiger partial charge in [0.05, 0.1) is 11.3 Å². The van der Waals surface area contributed by atoms with E-state index in [-0.39, 0.29) is 31.4 Å². The maximum absolute atomic E-state index is 12.3. The largest absolute Gasteiger partial charge is 0.461 e. The Kier molecular flexibility index (Phi) is 5.91. The fourth-order valence-corrected chi connectivity index (χ4v) is 3.13. The highest BCUT2D eigenvalue weighted by Gasteiger charge is 2.32. The van der Waals surface area contributed by atoms with Crippen molar-refractivity contribution in [3.63, 3.8) is 0 Å². The van der Waals surface area contributed by atoms with Gasteiger partial charge >= 0.3 is 5.97 Å². The number of hydrogen-bond donors (Lipinski definition) is 0. The molecule has 6 heteroatoms. The Bertz CT molecular complexity index is 626. The Hall–Kier alpha value is -1.92. The summed E-state index contributed by atoms with van der Waals surface area (Å²) in [6, 6.07) is 9.56. The van der Waals surface area contributed by atoms with Crippen molar-refractivity contribution in [1.82, 2.24) is 4.90 Å². The Morgan fingerprint density at radius 1 is 1.36 bits per heavy atom. The van der Waals surface area contributed by atoms with E-state index in [2.05, 4.69) is 6.58 Å². The van der Waals surface area contributed by atoms with Gasteiger partial charge in [0, 0.05) is 6.54 Å². The number of benzene rings is 1. The van der Waals surface area contributed by atoms with Crippen molar-refractivity contribution in [3.8, 4) is 0 Å². The first kappa shape index (κ1) is 16.5. The lowest BCUT2D eigenvalue weighted by atomic mass is 10.2. The van der Waals surface area contributed by atoms with Gasteiger partial charge in [-0.3, -0.25) is 14.5 Å². The molecule has 4 nitrogen and oxygen atoms in total. The van der Waals surface area contributed by atoms with Gasteiger partial charge in [0.2, 0.25) is 0 Å². The number of hydrogen-bond acceptors (Lipinski definition) is 5. The molecule has 1 aromatic rings. The molecule has 0 aromatic heterocycles. The maximum atomic E-state index is 12.3. The highest BCUT2D eigenvalue weighted by molar-refractivity contribution is 8.26. The van der Waals surface area contributed by atoms with E-state index in [0.29, 0.717) is 9.23 Å². The quantitative estimate of drug-likeness (QED) is 0.347. The number of thioether (sulfide) groups is 1. The predicted molar refractivity (Wildman–Crippen MR) is 92.1 cm³/mol. The fraction of sp³-hybridized carbons (Fsp3) is 0.188. The zero-order chi connectivity index (χ0) is 15.9. The topological polar surface area (TPSA) is 46.6 Å². The summed E-state index contributed by atoms with van der Waals surface area (Å²) in [5.41, 5.74) is 0.938. The van der Waals surface area contributed by atoms with Crippen LogP contribution in [0.5, 0.6) is 0 Å². The maximum Gasteiger partial charge on any atom is 0.307 e. The van der Waals surface area contributed by atoms with E-state index in [1.165, 1.54) is 22.7 Å². The average molecular weight is 333 g/mol. The van der Waals surface area contributed by atoms with Crippen LogP contribution in [0.1, 0.15) is 12.0 Å². The summed E-state index contributed by atoms with van der Waals surface area (Å²) in [5, 5.41) is 0. The third-order valence-corrected chi connectivity index (χ3v) is 4.25. The predicted octanol–water partition coefficient (Wildman–Crippen LogP) is 3.01. The number of amides is 1. The summed E-state index contributed by atoms with van der Waals surface area (Å²) in [6.07, 6.45) is 3.41. The molecule has 114 valence electrons. The second-order valence-electron chi connectivity index (χ2n) is 4.47. The van der Waals surface area contributed by atoms with Crippen molar-refractivity contribution in [2.24, 2.45) is 0 Å². The lowest BCUT2D eigenvalue weighted by molar-refractivity contribution is -0.142. The molecule has 0 unspecified atom stereocenters. The third kappa shape index (κ3) is 4.29. The molecule has 1 heterocycles. The molecule has 1 aromatic carbocycles. The molecule has 1 aliphatic rings. The molecule has 22 heavy (non-hydrogen) atoms. The lowest BCUT2D eigenvalue weighted by Crippen LogP contribution is -2.30. The molecular weight excluding hydrogens is 318 g/mol. The molecule has 0 atom stereocenters. The van der Waals surface area contributed by atoms with Crippen LogP contribution < -0.4 is 0 Å². The monoisotopic (exact) mass is 333 g/mol. The minimum absolute atomic E-state index is 0.110. The van der Waals surface area contributed by atoms with Crippen LogP contribution in [0, 0.1) is 0 Å². The van der Waals surface area contributed by atoms with Gasteiger partial charge in [-0.2, -0.15) is 0 Å². The van der Waals surface area contributed by atoms with Gasteiger partial charge in [-0.25, -0.2) is 0 Å². The Morgan fingerprint density at radius 2 is 2.09 bits per heavy atom. The summed E-state index contributed by atoms with van der Waals surface area (Å²) in [4.78, 5) is 25.8. The van der Waals surface area contributed by atoms with Crippen LogP contribution in [0.2, 0.25) is 0 Å². The van der Waals surface area contributed by atoms with Crippen molar-refractivity contribution < 1.29 is 14.3 Å². The van der Waals surface area contributed by atoms with Gasteiger partial charge < -0.3 is 4.74 Å². The molecule has 1 amide bonds. The van der Waals surface area contributed by atoms with Crippen LogP contribution in [-0.4, -0.2) is 34.2 Å².